The van der Waals surface area contributed by atoms with Gasteiger partial charge in [-0.15, -0.1) is 11.8 Å². The second kappa shape index (κ2) is 7.45. The minimum Gasteiger partial charge on any atom is -0.493 e. The van der Waals surface area contributed by atoms with Gasteiger partial charge in [-0.25, -0.2) is 0 Å². The van der Waals surface area contributed by atoms with Crippen LogP contribution in [0.1, 0.15) is 10.9 Å². The van der Waals surface area contributed by atoms with Gasteiger partial charge in [-0.2, -0.15) is 0 Å². The second-order valence-electron chi connectivity index (χ2n) is 5.36. The zero-order valence-corrected chi connectivity index (χ0v) is 15.7. The standard InChI is InChI=1S/C18H18ClNO4S/c1-22-14-8-13(9-15(23-2)17(14)24-3)20-16(21)10-25-18(20)11-4-6-12(19)7-5-11/h4-9,18H,10H2,1-3H3. The van der Waals surface area contributed by atoms with Crippen molar-refractivity contribution in [2.45, 2.75) is 5.37 Å². The minimum absolute atomic E-state index is 0.0271. The number of rotatable bonds is 5. The van der Waals surface area contributed by atoms with E-state index in [1.165, 1.54) is 0 Å². The molecule has 3 rings (SSSR count). The molecule has 0 radical (unpaired) electrons. The molecule has 0 spiro atoms. The molecule has 2 aromatic rings. The number of methoxy groups -OCH3 is 3. The fourth-order valence-corrected chi connectivity index (χ4v) is 4.09. The summed E-state index contributed by atoms with van der Waals surface area (Å²) in [7, 11) is 4.66. The lowest BCUT2D eigenvalue weighted by Crippen LogP contribution is -2.27. The van der Waals surface area contributed by atoms with Gasteiger partial charge in [0.05, 0.1) is 32.8 Å². The van der Waals surface area contributed by atoms with Crippen molar-refractivity contribution in [1.29, 1.82) is 0 Å². The summed E-state index contributed by atoms with van der Waals surface area (Å²) >= 11 is 7.55. The third-order valence-electron chi connectivity index (χ3n) is 3.95. The number of carbonyl (C=O) groups excluding carboxylic acids is 1. The minimum atomic E-state index is -0.132. The Hall–Kier alpha value is -2.05. The quantitative estimate of drug-likeness (QED) is 0.781. The lowest BCUT2D eigenvalue weighted by molar-refractivity contribution is -0.115. The number of carbonyl (C=O) groups is 1. The SMILES string of the molecule is COc1cc(N2C(=O)CSC2c2ccc(Cl)cc2)cc(OC)c1OC. The largest absolute Gasteiger partial charge is 0.493 e. The van der Waals surface area contributed by atoms with Crippen LogP contribution in [0.3, 0.4) is 0 Å². The highest BCUT2D eigenvalue weighted by Crippen LogP contribution is 2.47. The van der Waals surface area contributed by atoms with Gasteiger partial charge in [-0.3, -0.25) is 9.69 Å². The molecular formula is C18H18ClNO4S. The first-order valence-corrected chi connectivity index (χ1v) is 9.01. The molecule has 1 heterocycles. The van der Waals surface area contributed by atoms with Crippen molar-refractivity contribution in [3.63, 3.8) is 0 Å². The first kappa shape index (κ1) is 17.8. The van der Waals surface area contributed by atoms with E-state index in [2.05, 4.69) is 0 Å². The fraction of sp³-hybridized carbons (Fsp3) is 0.278. The summed E-state index contributed by atoms with van der Waals surface area (Å²) in [5.41, 5.74) is 1.71. The number of hydrogen-bond acceptors (Lipinski definition) is 5. The Morgan fingerprint density at radius 2 is 1.64 bits per heavy atom. The van der Waals surface area contributed by atoms with E-state index in [0.717, 1.165) is 5.56 Å². The van der Waals surface area contributed by atoms with Gasteiger partial charge in [-0.1, -0.05) is 23.7 Å². The Morgan fingerprint density at radius 3 is 2.16 bits per heavy atom. The highest BCUT2D eigenvalue weighted by Gasteiger charge is 2.35. The zero-order valence-electron chi connectivity index (χ0n) is 14.1. The topological polar surface area (TPSA) is 48.0 Å². The van der Waals surface area contributed by atoms with E-state index in [1.54, 1.807) is 50.1 Å². The van der Waals surface area contributed by atoms with Gasteiger partial charge in [-0.05, 0) is 17.7 Å². The first-order chi connectivity index (χ1) is 12.1. The van der Waals surface area contributed by atoms with E-state index < -0.39 is 0 Å². The molecular weight excluding hydrogens is 362 g/mol. The number of hydrogen-bond donors (Lipinski definition) is 0. The molecule has 0 aliphatic carbocycles. The van der Waals surface area contributed by atoms with Crippen LogP contribution >= 0.6 is 23.4 Å². The van der Waals surface area contributed by atoms with Crippen molar-refractivity contribution < 1.29 is 19.0 Å². The van der Waals surface area contributed by atoms with Crippen LogP contribution in [0.15, 0.2) is 36.4 Å². The number of anilines is 1. The summed E-state index contributed by atoms with van der Waals surface area (Å²) in [6, 6.07) is 11.1. The van der Waals surface area contributed by atoms with Crippen molar-refractivity contribution in [1.82, 2.24) is 0 Å². The lowest BCUT2D eigenvalue weighted by Gasteiger charge is -2.26. The molecule has 132 valence electrons. The number of benzene rings is 2. The fourth-order valence-electron chi connectivity index (χ4n) is 2.78. The maximum atomic E-state index is 12.5. The van der Waals surface area contributed by atoms with Crippen LogP contribution < -0.4 is 19.1 Å². The molecule has 0 bridgehead atoms. The summed E-state index contributed by atoms with van der Waals surface area (Å²) < 4.78 is 16.2. The van der Waals surface area contributed by atoms with Gasteiger partial charge in [0.1, 0.15) is 5.37 Å². The summed E-state index contributed by atoms with van der Waals surface area (Å²) in [5.74, 6) is 1.95. The van der Waals surface area contributed by atoms with E-state index in [0.29, 0.717) is 33.7 Å². The third-order valence-corrected chi connectivity index (χ3v) is 5.42. The van der Waals surface area contributed by atoms with Crippen LogP contribution in [0.2, 0.25) is 5.02 Å². The molecule has 1 fully saturated rings. The summed E-state index contributed by atoms with van der Waals surface area (Å²) in [6.45, 7) is 0. The molecule has 25 heavy (non-hydrogen) atoms. The Balaban J connectivity index is 2.06. The number of ether oxygens (including phenoxy) is 3. The molecule has 1 aliphatic rings. The first-order valence-electron chi connectivity index (χ1n) is 7.58. The molecule has 1 unspecified atom stereocenters. The molecule has 1 atom stereocenters. The van der Waals surface area contributed by atoms with E-state index >= 15 is 0 Å². The van der Waals surface area contributed by atoms with Crippen LogP contribution in [0.5, 0.6) is 17.2 Å². The van der Waals surface area contributed by atoms with Crippen LogP contribution in [-0.2, 0) is 4.79 Å². The molecule has 5 nitrogen and oxygen atoms in total. The van der Waals surface area contributed by atoms with Crippen molar-refractivity contribution in [2.75, 3.05) is 32.0 Å². The van der Waals surface area contributed by atoms with Crippen molar-refractivity contribution >= 4 is 35.0 Å². The van der Waals surface area contributed by atoms with Gasteiger partial charge in [0.15, 0.2) is 11.5 Å². The molecule has 7 heteroatoms. The number of nitrogens with zero attached hydrogens (tertiary/aromatic N) is 1. The molecule has 0 aromatic heterocycles. The molecule has 2 aromatic carbocycles. The summed E-state index contributed by atoms with van der Waals surface area (Å²) in [4.78, 5) is 14.3. The molecule has 0 N–H and O–H groups in total. The van der Waals surface area contributed by atoms with Gasteiger partial charge >= 0.3 is 0 Å². The highest BCUT2D eigenvalue weighted by atomic mass is 35.5. The summed E-state index contributed by atoms with van der Waals surface area (Å²) in [6.07, 6.45) is 0. The lowest BCUT2D eigenvalue weighted by atomic mass is 10.1. The number of thioether (sulfide) groups is 1. The van der Waals surface area contributed by atoms with Crippen LogP contribution in [-0.4, -0.2) is 33.0 Å². The maximum absolute atomic E-state index is 12.5. The monoisotopic (exact) mass is 379 g/mol. The van der Waals surface area contributed by atoms with Crippen molar-refractivity contribution in [3.05, 3.63) is 47.0 Å². The van der Waals surface area contributed by atoms with Crippen molar-refractivity contribution in [3.8, 4) is 17.2 Å². The maximum Gasteiger partial charge on any atom is 0.238 e. The Bertz CT molecular complexity index is 756. The zero-order chi connectivity index (χ0) is 18.0. The van der Waals surface area contributed by atoms with E-state index in [4.69, 9.17) is 25.8 Å². The number of halogens is 1. The van der Waals surface area contributed by atoms with Crippen LogP contribution in [0.25, 0.3) is 0 Å². The second-order valence-corrected chi connectivity index (χ2v) is 6.87. The van der Waals surface area contributed by atoms with Crippen LogP contribution in [0, 0.1) is 0 Å². The van der Waals surface area contributed by atoms with Crippen LogP contribution in [0.4, 0.5) is 5.69 Å². The van der Waals surface area contributed by atoms with Gasteiger partial charge in [0.2, 0.25) is 11.7 Å². The van der Waals surface area contributed by atoms with E-state index in [1.807, 2.05) is 24.3 Å². The van der Waals surface area contributed by atoms with Gasteiger partial charge in [0, 0.05) is 17.2 Å². The molecule has 1 saturated heterocycles. The molecule has 1 amide bonds. The smallest absolute Gasteiger partial charge is 0.238 e. The number of amides is 1. The average molecular weight is 380 g/mol. The Labute approximate surface area is 155 Å². The van der Waals surface area contributed by atoms with Crippen molar-refractivity contribution in [2.24, 2.45) is 0 Å². The molecule has 0 saturated carbocycles. The average Bonchev–Trinajstić information content (AvgIpc) is 3.02. The normalized spacial score (nSPS) is 16.9. The molecule has 1 aliphatic heterocycles. The predicted molar refractivity (Wildman–Crippen MR) is 100 cm³/mol. The van der Waals surface area contributed by atoms with Gasteiger partial charge < -0.3 is 14.2 Å². The summed E-state index contributed by atoms with van der Waals surface area (Å²) in [5, 5.41) is 0.532. The predicted octanol–water partition coefficient (Wildman–Crippen LogP) is 4.14. The third kappa shape index (κ3) is 3.37. The Morgan fingerprint density at radius 1 is 1.04 bits per heavy atom. The van der Waals surface area contributed by atoms with E-state index in [-0.39, 0.29) is 11.3 Å². The van der Waals surface area contributed by atoms with E-state index in [9.17, 15) is 4.79 Å². The highest BCUT2D eigenvalue weighted by molar-refractivity contribution is 8.00. The van der Waals surface area contributed by atoms with Gasteiger partial charge in [0.25, 0.3) is 0 Å². The Kier molecular flexibility index (Phi) is 5.30.